The van der Waals surface area contributed by atoms with Crippen LogP contribution < -0.4 is 5.06 Å². The van der Waals surface area contributed by atoms with E-state index in [1.165, 1.54) is 5.06 Å². The summed E-state index contributed by atoms with van der Waals surface area (Å²) in [7, 11) is 0. The number of nitrogens with zero attached hydrogens (tertiary/aromatic N) is 1. The van der Waals surface area contributed by atoms with E-state index in [-0.39, 0.29) is 12.3 Å². The molecule has 5 nitrogen and oxygen atoms in total. The van der Waals surface area contributed by atoms with Gasteiger partial charge in [0.05, 0.1) is 18.7 Å². The lowest BCUT2D eigenvalue weighted by Gasteiger charge is -2.17. The summed E-state index contributed by atoms with van der Waals surface area (Å²) in [5, 5.41) is 9.93. The Hall–Kier alpha value is -1.88. The Morgan fingerprint density at radius 3 is 2.82 bits per heavy atom. The second-order valence-electron chi connectivity index (χ2n) is 3.79. The molecule has 5 heteroatoms. The van der Waals surface area contributed by atoms with E-state index in [0.29, 0.717) is 25.1 Å². The van der Waals surface area contributed by atoms with Gasteiger partial charge in [-0.1, -0.05) is 18.2 Å². The Morgan fingerprint density at radius 1 is 1.41 bits per heavy atom. The lowest BCUT2D eigenvalue weighted by Crippen LogP contribution is -2.23. The summed E-state index contributed by atoms with van der Waals surface area (Å²) in [5.74, 6) is -0.943. The molecule has 1 saturated heterocycles. The lowest BCUT2D eigenvalue weighted by atomic mass is 10.1. The molecule has 0 bridgehead atoms. The molecule has 1 heterocycles. The number of anilines is 1. The first kappa shape index (κ1) is 11.6. The molecule has 1 aromatic rings. The zero-order valence-corrected chi connectivity index (χ0v) is 9.26. The van der Waals surface area contributed by atoms with E-state index in [9.17, 15) is 9.59 Å². The Balaban J connectivity index is 2.20. The van der Waals surface area contributed by atoms with Crippen LogP contribution in [0.5, 0.6) is 0 Å². The molecule has 0 radical (unpaired) electrons. The maximum absolute atomic E-state index is 11.5. The summed E-state index contributed by atoms with van der Waals surface area (Å²) in [6.07, 6.45) is 0.797. The summed E-state index contributed by atoms with van der Waals surface area (Å²) in [6.45, 7) is 0.381. The Labute approximate surface area is 98.6 Å². The number of carbonyl (C=O) groups is 2. The van der Waals surface area contributed by atoms with Crippen LogP contribution in [0.25, 0.3) is 0 Å². The number of hydrogen-bond acceptors (Lipinski definition) is 3. The van der Waals surface area contributed by atoms with Crippen LogP contribution in [0.15, 0.2) is 24.3 Å². The third-order valence-electron chi connectivity index (χ3n) is 2.58. The Kier molecular flexibility index (Phi) is 3.39. The molecule has 17 heavy (non-hydrogen) atoms. The molecule has 1 amide bonds. The van der Waals surface area contributed by atoms with E-state index >= 15 is 0 Å². The van der Waals surface area contributed by atoms with Gasteiger partial charge in [0.15, 0.2) is 0 Å². The lowest BCUT2D eigenvalue weighted by molar-refractivity contribution is -0.136. The van der Waals surface area contributed by atoms with Gasteiger partial charge in [-0.3, -0.25) is 14.4 Å². The predicted molar refractivity (Wildman–Crippen MR) is 60.5 cm³/mol. The van der Waals surface area contributed by atoms with Gasteiger partial charge < -0.3 is 5.11 Å². The molecule has 1 N–H and O–H groups in total. The van der Waals surface area contributed by atoms with Gasteiger partial charge in [-0.25, -0.2) is 0 Å². The van der Waals surface area contributed by atoms with E-state index in [2.05, 4.69) is 0 Å². The number of aryl methyl sites for hydroxylation is 1. The highest BCUT2D eigenvalue weighted by Gasteiger charge is 2.25. The number of aliphatic carboxylic acids is 1. The summed E-state index contributed by atoms with van der Waals surface area (Å²) in [4.78, 5) is 27.3. The van der Waals surface area contributed by atoms with Crippen molar-refractivity contribution >= 4 is 17.6 Å². The molecular weight excluding hydrogens is 222 g/mol. The van der Waals surface area contributed by atoms with E-state index in [1.807, 2.05) is 12.1 Å². The van der Waals surface area contributed by atoms with Crippen molar-refractivity contribution in [3.05, 3.63) is 29.8 Å². The molecule has 0 aromatic heterocycles. The van der Waals surface area contributed by atoms with E-state index in [4.69, 9.17) is 9.94 Å². The first-order chi connectivity index (χ1) is 8.18. The number of para-hydroxylation sites is 1. The quantitative estimate of drug-likeness (QED) is 0.855. The van der Waals surface area contributed by atoms with Crippen molar-refractivity contribution in [3.8, 4) is 0 Å². The molecule has 1 fully saturated rings. The second-order valence-corrected chi connectivity index (χ2v) is 3.79. The summed E-state index contributed by atoms with van der Waals surface area (Å²) in [6, 6.07) is 7.20. The van der Waals surface area contributed by atoms with Gasteiger partial charge in [0.2, 0.25) is 0 Å². The van der Waals surface area contributed by atoms with Gasteiger partial charge in [0, 0.05) is 6.42 Å². The zero-order valence-electron chi connectivity index (χ0n) is 9.26. The molecule has 0 saturated carbocycles. The van der Waals surface area contributed by atoms with E-state index in [0.717, 1.165) is 5.56 Å². The van der Waals surface area contributed by atoms with Gasteiger partial charge in [0.1, 0.15) is 0 Å². The van der Waals surface area contributed by atoms with Crippen molar-refractivity contribution in [2.45, 2.75) is 19.3 Å². The van der Waals surface area contributed by atoms with Crippen LogP contribution >= 0.6 is 0 Å². The number of hydroxylamine groups is 1. The predicted octanol–water partition coefficient (Wildman–Crippen LogP) is 1.37. The monoisotopic (exact) mass is 235 g/mol. The molecule has 90 valence electrons. The van der Waals surface area contributed by atoms with E-state index in [1.54, 1.807) is 12.1 Å². The minimum Gasteiger partial charge on any atom is -0.481 e. The number of amides is 1. The fourth-order valence-electron chi connectivity index (χ4n) is 1.76. The third-order valence-corrected chi connectivity index (χ3v) is 2.58. The average molecular weight is 235 g/mol. The van der Waals surface area contributed by atoms with Crippen LogP contribution in [-0.2, 0) is 20.8 Å². The smallest absolute Gasteiger partial charge is 0.303 e. The fourth-order valence-corrected chi connectivity index (χ4v) is 1.76. The normalized spacial score (nSPS) is 15.3. The van der Waals surface area contributed by atoms with Crippen LogP contribution in [-0.4, -0.2) is 23.6 Å². The highest BCUT2D eigenvalue weighted by atomic mass is 16.7. The Morgan fingerprint density at radius 2 is 2.18 bits per heavy atom. The van der Waals surface area contributed by atoms with Crippen molar-refractivity contribution < 1.29 is 19.5 Å². The molecule has 0 spiro atoms. The molecular formula is C12H13NO4. The molecule has 0 aliphatic carbocycles. The van der Waals surface area contributed by atoms with Gasteiger partial charge in [-0.15, -0.1) is 0 Å². The van der Waals surface area contributed by atoms with Crippen molar-refractivity contribution in [3.63, 3.8) is 0 Å². The van der Waals surface area contributed by atoms with Crippen LogP contribution in [0, 0.1) is 0 Å². The number of hydrogen-bond donors (Lipinski definition) is 1. The highest BCUT2D eigenvalue weighted by Crippen LogP contribution is 2.25. The molecule has 1 aliphatic heterocycles. The third kappa shape index (κ3) is 2.62. The topological polar surface area (TPSA) is 66.8 Å². The zero-order chi connectivity index (χ0) is 12.3. The maximum atomic E-state index is 11.5. The molecule has 1 aromatic carbocycles. The summed E-state index contributed by atoms with van der Waals surface area (Å²) < 4.78 is 0. The molecule has 0 unspecified atom stereocenters. The van der Waals surface area contributed by atoms with Gasteiger partial charge >= 0.3 is 5.97 Å². The van der Waals surface area contributed by atoms with Crippen molar-refractivity contribution in [1.29, 1.82) is 0 Å². The second kappa shape index (κ2) is 4.97. The minimum atomic E-state index is -0.853. The first-order valence-electron chi connectivity index (χ1n) is 5.44. The fraction of sp³-hybridized carbons (Fsp3) is 0.333. The summed E-state index contributed by atoms with van der Waals surface area (Å²) >= 11 is 0. The highest BCUT2D eigenvalue weighted by molar-refractivity contribution is 5.93. The van der Waals surface area contributed by atoms with Crippen LogP contribution in [0.4, 0.5) is 5.69 Å². The number of carbonyl (C=O) groups excluding carboxylic acids is 1. The van der Waals surface area contributed by atoms with Gasteiger partial charge in [-0.05, 0) is 18.1 Å². The largest absolute Gasteiger partial charge is 0.481 e. The van der Waals surface area contributed by atoms with Crippen molar-refractivity contribution in [1.82, 2.24) is 0 Å². The van der Waals surface area contributed by atoms with E-state index < -0.39 is 5.97 Å². The minimum absolute atomic E-state index is 0.0407. The van der Waals surface area contributed by atoms with Crippen LogP contribution in [0.2, 0.25) is 0 Å². The number of carboxylic acid groups (broad SMARTS) is 1. The number of rotatable bonds is 4. The standard InChI is InChI=1S/C12H13NO4/c14-11-7-8-17-13(11)10-4-2-1-3-9(10)5-6-12(15)16/h1-4H,5-8H2,(H,15,16). The first-order valence-corrected chi connectivity index (χ1v) is 5.44. The van der Waals surface area contributed by atoms with Gasteiger partial charge in [-0.2, -0.15) is 5.06 Å². The van der Waals surface area contributed by atoms with Crippen molar-refractivity contribution in [2.24, 2.45) is 0 Å². The molecule has 1 aliphatic rings. The average Bonchev–Trinajstić information content (AvgIpc) is 2.73. The maximum Gasteiger partial charge on any atom is 0.303 e. The molecule has 0 atom stereocenters. The number of benzene rings is 1. The van der Waals surface area contributed by atoms with Crippen molar-refractivity contribution in [2.75, 3.05) is 11.7 Å². The Bertz CT molecular complexity index is 444. The SMILES string of the molecule is O=C(O)CCc1ccccc1N1OCCC1=O. The van der Waals surface area contributed by atoms with Gasteiger partial charge in [0.25, 0.3) is 5.91 Å². The molecule has 2 rings (SSSR count). The summed E-state index contributed by atoms with van der Waals surface area (Å²) in [5.41, 5.74) is 1.46. The number of carboxylic acids is 1. The van der Waals surface area contributed by atoms with Crippen LogP contribution in [0.3, 0.4) is 0 Å². The van der Waals surface area contributed by atoms with Crippen LogP contribution in [0.1, 0.15) is 18.4 Å².